The lowest BCUT2D eigenvalue weighted by molar-refractivity contribution is 0.150. The summed E-state index contributed by atoms with van der Waals surface area (Å²) in [4.78, 5) is -0.412. The number of halogens is 3. The van der Waals surface area contributed by atoms with E-state index in [0.717, 1.165) is 12.1 Å². The molecule has 0 aliphatic carbocycles. The standard InChI is InChI=1S/C10H8ClF2NO2S/c1-2-6-3-7(17(11,15)16)4-8(10(12)13)9(6)5-14/h3-4,10H,2H2,1H3. The van der Waals surface area contributed by atoms with Gasteiger partial charge in [-0.25, -0.2) is 17.2 Å². The van der Waals surface area contributed by atoms with Crippen LogP contribution in [0.5, 0.6) is 0 Å². The number of alkyl halides is 2. The molecule has 1 rings (SSSR count). The van der Waals surface area contributed by atoms with Crippen LogP contribution in [-0.4, -0.2) is 8.42 Å². The van der Waals surface area contributed by atoms with Gasteiger partial charge in [0.2, 0.25) is 0 Å². The van der Waals surface area contributed by atoms with E-state index in [1.54, 1.807) is 13.0 Å². The summed E-state index contributed by atoms with van der Waals surface area (Å²) >= 11 is 0. The van der Waals surface area contributed by atoms with Crippen LogP contribution in [0.3, 0.4) is 0 Å². The second kappa shape index (κ2) is 4.98. The van der Waals surface area contributed by atoms with Gasteiger partial charge in [-0.3, -0.25) is 0 Å². The SMILES string of the molecule is CCc1cc(S(=O)(=O)Cl)cc(C(F)F)c1C#N. The summed E-state index contributed by atoms with van der Waals surface area (Å²) in [6, 6.07) is 3.54. The average molecular weight is 280 g/mol. The third-order valence-corrected chi connectivity index (χ3v) is 3.57. The van der Waals surface area contributed by atoms with Crippen molar-refractivity contribution in [3.63, 3.8) is 0 Å². The highest BCUT2D eigenvalue weighted by Gasteiger charge is 2.21. The van der Waals surface area contributed by atoms with Gasteiger partial charge in [-0.1, -0.05) is 6.92 Å². The van der Waals surface area contributed by atoms with Gasteiger partial charge in [-0.15, -0.1) is 0 Å². The number of hydrogen-bond donors (Lipinski definition) is 0. The smallest absolute Gasteiger partial charge is 0.207 e. The molecule has 0 radical (unpaired) electrons. The molecule has 0 aliphatic heterocycles. The fraction of sp³-hybridized carbons (Fsp3) is 0.300. The first-order valence-electron chi connectivity index (χ1n) is 4.61. The monoisotopic (exact) mass is 279 g/mol. The molecule has 92 valence electrons. The van der Waals surface area contributed by atoms with Gasteiger partial charge in [0, 0.05) is 16.2 Å². The minimum atomic E-state index is -4.09. The predicted molar refractivity (Wildman–Crippen MR) is 58.5 cm³/mol. The van der Waals surface area contributed by atoms with Crippen LogP contribution in [0, 0.1) is 11.3 Å². The summed E-state index contributed by atoms with van der Waals surface area (Å²) < 4.78 is 47.6. The Morgan fingerprint density at radius 2 is 2.06 bits per heavy atom. The maximum Gasteiger partial charge on any atom is 0.265 e. The summed E-state index contributed by atoms with van der Waals surface area (Å²) in [5, 5.41) is 8.81. The van der Waals surface area contributed by atoms with Crippen molar-refractivity contribution in [3.8, 4) is 6.07 Å². The van der Waals surface area contributed by atoms with Crippen LogP contribution >= 0.6 is 10.7 Å². The van der Waals surface area contributed by atoms with E-state index in [4.69, 9.17) is 15.9 Å². The van der Waals surface area contributed by atoms with Crippen molar-refractivity contribution in [3.05, 3.63) is 28.8 Å². The molecule has 0 aromatic heterocycles. The van der Waals surface area contributed by atoms with Crippen molar-refractivity contribution in [1.29, 1.82) is 5.26 Å². The molecule has 0 fully saturated rings. The lowest BCUT2D eigenvalue weighted by Gasteiger charge is -2.09. The zero-order chi connectivity index (χ0) is 13.2. The summed E-state index contributed by atoms with van der Waals surface area (Å²) in [5.41, 5.74) is -0.554. The van der Waals surface area contributed by atoms with E-state index in [-0.39, 0.29) is 17.5 Å². The Morgan fingerprint density at radius 1 is 1.47 bits per heavy atom. The Bertz CT molecular complexity index is 579. The van der Waals surface area contributed by atoms with Gasteiger partial charge in [-0.2, -0.15) is 5.26 Å². The highest BCUT2D eigenvalue weighted by molar-refractivity contribution is 8.13. The van der Waals surface area contributed by atoms with Gasteiger partial charge in [0.25, 0.3) is 15.5 Å². The Kier molecular flexibility index (Phi) is 4.07. The van der Waals surface area contributed by atoms with Crippen LogP contribution in [0.25, 0.3) is 0 Å². The molecule has 0 saturated carbocycles. The molecule has 17 heavy (non-hydrogen) atoms. The fourth-order valence-corrected chi connectivity index (χ4v) is 2.24. The Labute approximate surface area is 102 Å². The second-order valence-corrected chi connectivity index (χ2v) is 5.82. The van der Waals surface area contributed by atoms with Gasteiger partial charge in [0.15, 0.2) is 0 Å². The summed E-state index contributed by atoms with van der Waals surface area (Å²) in [6.45, 7) is 1.63. The maximum absolute atomic E-state index is 12.7. The van der Waals surface area contributed by atoms with Crippen LogP contribution in [0.15, 0.2) is 17.0 Å². The summed E-state index contributed by atoms with van der Waals surface area (Å²) in [5.74, 6) is 0. The molecule has 3 nitrogen and oxygen atoms in total. The third-order valence-electron chi connectivity index (χ3n) is 2.23. The molecule has 0 spiro atoms. The van der Waals surface area contributed by atoms with E-state index >= 15 is 0 Å². The van der Waals surface area contributed by atoms with E-state index in [9.17, 15) is 17.2 Å². The lowest BCUT2D eigenvalue weighted by atomic mass is 10.0. The van der Waals surface area contributed by atoms with Crippen molar-refractivity contribution < 1.29 is 17.2 Å². The van der Waals surface area contributed by atoms with Gasteiger partial charge < -0.3 is 0 Å². The maximum atomic E-state index is 12.7. The van der Waals surface area contributed by atoms with E-state index in [1.165, 1.54) is 0 Å². The number of benzene rings is 1. The summed E-state index contributed by atoms with van der Waals surface area (Å²) in [7, 11) is 1.02. The average Bonchev–Trinajstić information content (AvgIpc) is 2.25. The second-order valence-electron chi connectivity index (χ2n) is 3.25. The quantitative estimate of drug-likeness (QED) is 0.799. The van der Waals surface area contributed by atoms with Gasteiger partial charge in [0.1, 0.15) is 0 Å². The van der Waals surface area contributed by atoms with Crippen molar-refractivity contribution >= 4 is 19.7 Å². The van der Waals surface area contributed by atoms with E-state index in [1.807, 2.05) is 0 Å². The molecule has 0 N–H and O–H groups in total. The first-order chi connectivity index (χ1) is 7.81. The Morgan fingerprint density at radius 3 is 2.41 bits per heavy atom. The van der Waals surface area contributed by atoms with Gasteiger partial charge in [0.05, 0.1) is 16.5 Å². The molecule has 0 atom stereocenters. The molecule has 0 unspecified atom stereocenters. The molecule has 0 aliphatic rings. The normalized spacial score (nSPS) is 11.5. The lowest BCUT2D eigenvalue weighted by Crippen LogP contribution is -2.01. The highest BCUT2D eigenvalue weighted by atomic mass is 35.7. The Hall–Kier alpha value is -1.19. The zero-order valence-corrected chi connectivity index (χ0v) is 10.3. The molecule has 0 heterocycles. The Balaban J connectivity index is 3.65. The number of rotatable bonds is 3. The minimum Gasteiger partial charge on any atom is -0.207 e. The number of nitrogens with zero attached hydrogens (tertiary/aromatic N) is 1. The zero-order valence-electron chi connectivity index (χ0n) is 8.75. The van der Waals surface area contributed by atoms with Crippen molar-refractivity contribution in [2.45, 2.75) is 24.7 Å². The van der Waals surface area contributed by atoms with Crippen LogP contribution in [0.1, 0.15) is 30.0 Å². The van der Waals surface area contributed by atoms with Crippen molar-refractivity contribution in [2.24, 2.45) is 0 Å². The van der Waals surface area contributed by atoms with E-state index < -0.39 is 25.9 Å². The van der Waals surface area contributed by atoms with Crippen molar-refractivity contribution in [2.75, 3.05) is 0 Å². The van der Waals surface area contributed by atoms with Crippen LogP contribution in [-0.2, 0) is 15.5 Å². The first kappa shape index (κ1) is 13.9. The van der Waals surface area contributed by atoms with Crippen molar-refractivity contribution in [1.82, 2.24) is 0 Å². The van der Waals surface area contributed by atoms with Crippen LogP contribution < -0.4 is 0 Å². The topological polar surface area (TPSA) is 57.9 Å². The summed E-state index contributed by atoms with van der Waals surface area (Å²) in [6.07, 6.45) is -2.66. The fourth-order valence-electron chi connectivity index (χ4n) is 1.42. The molecule has 0 saturated heterocycles. The number of aryl methyl sites for hydroxylation is 1. The molecule has 7 heteroatoms. The van der Waals surface area contributed by atoms with Crippen LogP contribution in [0.2, 0.25) is 0 Å². The molecular formula is C10H8ClF2NO2S. The largest absolute Gasteiger partial charge is 0.265 e. The molecule has 0 amide bonds. The number of hydrogen-bond acceptors (Lipinski definition) is 3. The van der Waals surface area contributed by atoms with Gasteiger partial charge in [-0.05, 0) is 24.1 Å². The predicted octanol–water partition coefficient (Wildman–Crippen LogP) is 2.99. The molecule has 1 aromatic rings. The van der Waals surface area contributed by atoms with Crippen LogP contribution in [0.4, 0.5) is 8.78 Å². The van der Waals surface area contributed by atoms with Gasteiger partial charge >= 0.3 is 0 Å². The highest BCUT2D eigenvalue weighted by Crippen LogP contribution is 2.30. The number of nitriles is 1. The van der Waals surface area contributed by atoms with E-state index in [2.05, 4.69) is 0 Å². The van der Waals surface area contributed by atoms with E-state index in [0.29, 0.717) is 0 Å². The third kappa shape index (κ3) is 2.93. The molecule has 1 aromatic carbocycles. The first-order valence-corrected chi connectivity index (χ1v) is 6.92. The molecule has 0 bridgehead atoms. The molecular weight excluding hydrogens is 272 g/mol. The minimum absolute atomic E-state index is 0.188.